The minimum atomic E-state index is -0.422. The first kappa shape index (κ1) is 13.8. The number of nitrogens with one attached hydrogen (secondary N) is 1. The molecular formula is C14H20N2O3. The number of carbonyl (C=O) groups excluding carboxylic acids is 1. The number of likely N-dealkylation sites (N-methyl/N-ethyl adjacent to an activating group) is 1. The van der Waals surface area contributed by atoms with Crippen molar-refractivity contribution in [1.29, 1.82) is 0 Å². The van der Waals surface area contributed by atoms with Crippen LogP contribution in [0.25, 0.3) is 0 Å². The number of rotatable bonds is 5. The van der Waals surface area contributed by atoms with Gasteiger partial charge in [-0.3, -0.25) is 4.79 Å². The van der Waals surface area contributed by atoms with E-state index in [1.807, 2.05) is 18.2 Å². The summed E-state index contributed by atoms with van der Waals surface area (Å²) in [5, 5.41) is 11.8. The fourth-order valence-corrected chi connectivity index (χ4v) is 2.15. The van der Waals surface area contributed by atoms with Gasteiger partial charge in [-0.2, -0.15) is 0 Å². The molecule has 1 aromatic carbocycles. The summed E-state index contributed by atoms with van der Waals surface area (Å²) in [6, 6.07) is 5.91. The predicted octanol–water partition coefficient (Wildman–Crippen LogP) is 0.555. The molecule has 0 saturated carbocycles. The number of hydrogen-bond acceptors (Lipinski definition) is 4. The second-order valence-electron chi connectivity index (χ2n) is 4.68. The van der Waals surface area contributed by atoms with Gasteiger partial charge in [-0.25, -0.2) is 0 Å². The standard InChI is InChI=1S/C14H20N2O3/c1-10-14(18)16(2)12-9-11(3-4-13(12)19-10)5-6-15-7-8-17/h3-4,9-10,15,17H,5-8H2,1-2H3. The normalized spacial score (nSPS) is 18.2. The monoisotopic (exact) mass is 264 g/mol. The molecule has 2 rings (SSSR count). The first-order valence-corrected chi connectivity index (χ1v) is 6.52. The number of ether oxygens (including phenoxy) is 1. The summed E-state index contributed by atoms with van der Waals surface area (Å²) in [7, 11) is 1.77. The molecular weight excluding hydrogens is 244 g/mol. The molecule has 0 fully saturated rings. The molecule has 1 amide bonds. The smallest absolute Gasteiger partial charge is 0.267 e. The molecule has 1 heterocycles. The maximum absolute atomic E-state index is 11.9. The van der Waals surface area contributed by atoms with Crippen LogP contribution in [0.4, 0.5) is 5.69 Å². The largest absolute Gasteiger partial charge is 0.479 e. The molecule has 0 bridgehead atoms. The number of amides is 1. The highest BCUT2D eigenvalue weighted by atomic mass is 16.5. The quantitative estimate of drug-likeness (QED) is 0.763. The van der Waals surface area contributed by atoms with E-state index in [-0.39, 0.29) is 12.5 Å². The Morgan fingerprint density at radius 3 is 2.95 bits per heavy atom. The molecule has 1 atom stereocenters. The van der Waals surface area contributed by atoms with Gasteiger partial charge in [0.2, 0.25) is 0 Å². The zero-order chi connectivity index (χ0) is 13.8. The Kier molecular flexibility index (Phi) is 4.39. The van der Waals surface area contributed by atoms with E-state index in [9.17, 15) is 4.79 Å². The highest BCUT2D eigenvalue weighted by Gasteiger charge is 2.28. The summed E-state index contributed by atoms with van der Waals surface area (Å²) in [5.74, 6) is 0.727. The number of nitrogens with zero attached hydrogens (tertiary/aromatic N) is 1. The lowest BCUT2D eigenvalue weighted by Gasteiger charge is -2.30. The molecule has 0 aliphatic carbocycles. The van der Waals surface area contributed by atoms with E-state index in [1.54, 1.807) is 18.9 Å². The van der Waals surface area contributed by atoms with Crippen molar-refractivity contribution in [3.63, 3.8) is 0 Å². The second-order valence-corrected chi connectivity index (χ2v) is 4.68. The van der Waals surface area contributed by atoms with Crippen LogP contribution in [0.1, 0.15) is 12.5 Å². The van der Waals surface area contributed by atoms with Gasteiger partial charge < -0.3 is 20.1 Å². The minimum absolute atomic E-state index is 0.0249. The lowest BCUT2D eigenvalue weighted by atomic mass is 10.1. The van der Waals surface area contributed by atoms with Crippen LogP contribution in [-0.4, -0.2) is 43.9 Å². The molecule has 1 aliphatic heterocycles. The number of benzene rings is 1. The molecule has 19 heavy (non-hydrogen) atoms. The van der Waals surface area contributed by atoms with Crippen molar-refractivity contribution in [3.8, 4) is 5.75 Å². The van der Waals surface area contributed by atoms with Crippen molar-refractivity contribution in [3.05, 3.63) is 23.8 Å². The van der Waals surface area contributed by atoms with Crippen molar-refractivity contribution in [2.24, 2.45) is 0 Å². The van der Waals surface area contributed by atoms with Gasteiger partial charge in [-0.1, -0.05) is 6.07 Å². The maximum atomic E-state index is 11.9. The van der Waals surface area contributed by atoms with Gasteiger partial charge >= 0.3 is 0 Å². The first-order valence-electron chi connectivity index (χ1n) is 6.52. The molecule has 1 aliphatic rings. The molecule has 104 valence electrons. The Bertz CT molecular complexity index is 462. The van der Waals surface area contributed by atoms with Gasteiger partial charge in [0.05, 0.1) is 12.3 Å². The molecule has 0 spiro atoms. The van der Waals surface area contributed by atoms with E-state index in [0.29, 0.717) is 6.54 Å². The third kappa shape index (κ3) is 3.05. The summed E-state index contributed by atoms with van der Waals surface area (Å²) in [6.07, 6.45) is 0.430. The van der Waals surface area contributed by atoms with Crippen LogP contribution >= 0.6 is 0 Å². The molecule has 5 heteroatoms. The summed E-state index contributed by atoms with van der Waals surface area (Å²) >= 11 is 0. The van der Waals surface area contributed by atoms with Crippen LogP contribution in [-0.2, 0) is 11.2 Å². The molecule has 2 N–H and O–H groups in total. The average molecular weight is 264 g/mol. The van der Waals surface area contributed by atoms with E-state index in [2.05, 4.69) is 5.32 Å². The number of aliphatic hydroxyl groups excluding tert-OH is 1. The maximum Gasteiger partial charge on any atom is 0.267 e. The Hall–Kier alpha value is -1.59. The first-order chi connectivity index (χ1) is 9.13. The van der Waals surface area contributed by atoms with Crippen LogP contribution in [0.15, 0.2) is 18.2 Å². The highest BCUT2D eigenvalue weighted by molar-refractivity contribution is 5.99. The predicted molar refractivity (Wildman–Crippen MR) is 73.6 cm³/mol. The summed E-state index contributed by atoms with van der Waals surface area (Å²) in [6.45, 7) is 3.31. The molecule has 0 aromatic heterocycles. The summed E-state index contributed by atoms with van der Waals surface area (Å²) < 4.78 is 5.57. The van der Waals surface area contributed by atoms with Crippen LogP contribution in [0.5, 0.6) is 5.75 Å². The van der Waals surface area contributed by atoms with Crippen molar-refractivity contribution in [2.45, 2.75) is 19.4 Å². The van der Waals surface area contributed by atoms with Crippen LogP contribution in [0, 0.1) is 0 Å². The van der Waals surface area contributed by atoms with Crippen molar-refractivity contribution < 1.29 is 14.6 Å². The van der Waals surface area contributed by atoms with E-state index >= 15 is 0 Å². The van der Waals surface area contributed by atoms with E-state index < -0.39 is 6.10 Å². The Morgan fingerprint density at radius 2 is 2.21 bits per heavy atom. The van der Waals surface area contributed by atoms with E-state index in [1.165, 1.54) is 0 Å². The molecule has 1 unspecified atom stereocenters. The van der Waals surface area contributed by atoms with Gasteiger partial charge in [0, 0.05) is 13.6 Å². The summed E-state index contributed by atoms with van der Waals surface area (Å²) in [5.41, 5.74) is 1.96. The Balaban J connectivity index is 2.08. The van der Waals surface area contributed by atoms with E-state index in [4.69, 9.17) is 9.84 Å². The van der Waals surface area contributed by atoms with Gasteiger partial charge in [0.15, 0.2) is 6.10 Å². The SMILES string of the molecule is CC1Oc2ccc(CCNCCO)cc2N(C)C1=O. The van der Waals surface area contributed by atoms with Crippen LogP contribution < -0.4 is 15.0 Å². The van der Waals surface area contributed by atoms with Gasteiger partial charge in [0.1, 0.15) is 5.75 Å². The number of hydrogen-bond donors (Lipinski definition) is 2. The summed E-state index contributed by atoms with van der Waals surface area (Å²) in [4.78, 5) is 13.5. The highest BCUT2D eigenvalue weighted by Crippen LogP contribution is 2.33. The number of anilines is 1. The number of fused-ring (bicyclic) bond motifs is 1. The molecule has 1 aromatic rings. The second kappa shape index (κ2) is 6.04. The lowest BCUT2D eigenvalue weighted by Crippen LogP contribution is -2.42. The topological polar surface area (TPSA) is 61.8 Å². The Morgan fingerprint density at radius 1 is 1.42 bits per heavy atom. The fourth-order valence-electron chi connectivity index (χ4n) is 2.15. The van der Waals surface area contributed by atoms with Crippen LogP contribution in [0.2, 0.25) is 0 Å². The van der Waals surface area contributed by atoms with E-state index in [0.717, 1.165) is 30.0 Å². The minimum Gasteiger partial charge on any atom is -0.479 e. The zero-order valence-corrected chi connectivity index (χ0v) is 11.3. The van der Waals surface area contributed by atoms with Crippen LogP contribution in [0.3, 0.4) is 0 Å². The van der Waals surface area contributed by atoms with Crippen molar-refractivity contribution in [1.82, 2.24) is 5.32 Å². The van der Waals surface area contributed by atoms with Gasteiger partial charge in [-0.05, 0) is 37.6 Å². The third-order valence-electron chi connectivity index (χ3n) is 3.25. The van der Waals surface area contributed by atoms with Gasteiger partial charge in [-0.15, -0.1) is 0 Å². The average Bonchev–Trinajstić information content (AvgIpc) is 2.42. The third-order valence-corrected chi connectivity index (χ3v) is 3.25. The molecule has 0 saturated heterocycles. The zero-order valence-electron chi connectivity index (χ0n) is 11.3. The molecule has 0 radical (unpaired) electrons. The number of aliphatic hydroxyl groups is 1. The fraction of sp³-hybridized carbons (Fsp3) is 0.500. The molecule has 5 nitrogen and oxygen atoms in total. The lowest BCUT2D eigenvalue weighted by molar-refractivity contribution is -0.125. The number of carbonyl (C=O) groups is 1. The van der Waals surface area contributed by atoms with Crippen molar-refractivity contribution >= 4 is 11.6 Å². The van der Waals surface area contributed by atoms with Gasteiger partial charge in [0.25, 0.3) is 5.91 Å². The Labute approximate surface area is 113 Å². The van der Waals surface area contributed by atoms with Crippen molar-refractivity contribution in [2.75, 3.05) is 31.6 Å².